The van der Waals surface area contributed by atoms with E-state index >= 15 is 0 Å². The molecule has 0 atom stereocenters. The van der Waals surface area contributed by atoms with Crippen LogP contribution in [0.4, 0.5) is 0 Å². The number of ketones is 1. The molecule has 0 unspecified atom stereocenters. The van der Waals surface area contributed by atoms with Gasteiger partial charge in [-0.25, -0.2) is 0 Å². The van der Waals surface area contributed by atoms with Crippen LogP contribution in [0.15, 0.2) is 0 Å². The third kappa shape index (κ3) is 3.99. The Bertz CT molecular complexity index is 386. The predicted molar refractivity (Wildman–Crippen MR) is 95.5 cm³/mol. The van der Waals surface area contributed by atoms with Gasteiger partial charge in [0.1, 0.15) is 5.78 Å². The van der Waals surface area contributed by atoms with Crippen LogP contribution in [0.2, 0.25) is 0 Å². The first kappa shape index (κ1) is 17.4. The van der Waals surface area contributed by atoms with Crippen molar-refractivity contribution in [2.24, 2.45) is 17.8 Å². The van der Waals surface area contributed by atoms with Crippen molar-refractivity contribution in [3.63, 3.8) is 0 Å². The summed E-state index contributed by atoms with van der Waals surface area (Å²) in [5.41, 5.74) is 0. The minimum Gasteiger partial charge on any atom is -0.299 e. The quantitative estimate of drug-likeness (QED) is 0.773. The monoisotopic (exact) mass is 320 g/mol. The van der Waals surface area contributed by atoms with E-state index in [0.29, 0.717) is 11.7 Å². The van der Waals surface area contributed by atoms with Crippen molar-refractivity contribution in [1.82, 2.24) is 9.80 Å². The van der Waals surface area contributed by atoms with Crippen molar-refractivity contribution in [1.29, 1.82) is 0 Å². The molecule has 1 aliphatic heterocycles. The van der Waals surface area contributed by atoms with Gasteiger partial charge in [-0.3, -0.25) is 14.6 Å². The van der Waals surface area contributed by atoms with E-state index in [0.717, 1.165) is 43.2 Å². The van der Waals surface area contributed by atoms with E-state index in [9.17, 15) is 4.79 Å². The fourth-order valence-electron chi connectivity index (χ4n) is 4.99. The predicted octanol–water partition coefficient (Wildman–Crippen LogP) is 3.58. The summed E-state index contributed by atoms with van der Waals surface area (Å²) in [5.74, 6) is 2.72. The Hall–Kier alpha value is -0.410. The van der Waals surface area contributed by atoms with E-state index in [2.05, 4.69) is 23.6 Å². The first-order valence-electron chi connectivity index (χ1n) is 10.1. The highest BCUT2D eigenvalue weighted by molar-refractivity contribution is 5.80. The summed E-state index contributed by atoms with van der Waals surface area (Å²) in [6, 6.07) is 1.63. The molecule has 1 saturated heterocycles. The van der Waals surface area contributed by atoms with Crippen LogP contribution in [0.3, 0.4) is 0 Å². The maximum Gasteiger partial charge on any atom is 0.135 e. The molecule has 3 heteroatoms. The largest absolute Gasteiger partial charge is 0.299 e. The number of hydrogen-bond donors (Lipinski definition) is 0. The summed E-state index contributed by atoms with van der Waals surface area (Å²) in [7, 11) is 0. The van der Waals surface area contributed by atoms with Gasteiger partial charge in [0.05, 0.1) is 0 Å². The van der Waals surface area contributed by atoms with Gasteiger partial charge in [-0.05, 0) is 50.4 Å². The highest BCUT2D eigenvalue weighted by Gasteiger charge is 2.37. The highest BCUT2D eigenvalue weighted by Crippen LogP contribution is 2.37. The van der Waals surface area contributed by atoms with Crippen LogP contribution >= 0.6 is 0 Å². The number of hydrogen-bond acceptors (Lipinski definition) is 3. The van der Waals surface area contributed by atoms with Gasteiger partial charge in [-0.2, -0.15) is 0 Å². The minimum absolute atomic E-state index is 0.375. The molecule has 0 aromatic carbocycles. The molecule has 0 spiro atoms. The van der Waals surface area contributed by atoms with Gasteiger partial charge in [-0.1, -0.05) is 20.8 Å². The molecule has 2 saturated carbocycles. The lowest BCUT2D eigenvalue weighted by molar-refractivity contribution is -0.124. The molecule has 23 heavy (non-hydrogen) atoms. The average Bonchev–Trinajstić information content (AvgIpc) is 2.53. The van der Waals surface area contributed by atoms with Gasteiger partial charge in [0.2, 0.25) is 0 Å². The van der Waals surface area contributed by atoms with E-state index in [1.54, 1.807) is 0 Å². The van der Waals surface area contributed by atoms with Crippen molar-refractivity contribution in [2.45, 2.75) is 77.8 Å². The topological polar surface area (TPSA) is 23.6 Å². The molecule has 2 aliphatic carbocycles. The van der Waals surface area contributed by atoms with Crippen LogP contribution in [-0.2, 0) is 4.79 Å². The van der Waals surface area contributed by atoms with Gasteiger partial charge >= 0.3 is 0 Å². The van der Waals surface area contributed by atoms with Gasteiger partial charge < -0.3 is 0 Å². The van der Waals surface area contributed by atoms with Crippen molar-refractivity contribution >= 4 is 5.78 Å². The summed E-state index contributed by atoms with van der Waals surface area (Å²) in [6.45, 7) is 11.8. The molecule has 3 aliphatic rings. The highest BCUT2D eigenvalue weighted by atomic mass is 16.1. The number of Topliss-reactive ketones (excluding diaryl/α,β-unsaturated/α-hetero) is 1. The van der Waals surface area contributed by atoms with E-state index in [4.69, 9.17) is 0 Å². The number of piperazine rings is 1. The Morgan fingerprint density at radius 3 is 1.91 bits per heavy atom. The Morgan fingerprint density at radius 2 is 1.43 bits per heavy atom. The Morgan fingerprint density at radius 1 is 0.913 bits per heavy atom. The zero-order valence-electron chi connectivity index (χ0n) is 15.5. The molecule has 1 heterocycles. The van der Waals surface area contributed by atoms with Crippen LogP contribution in [0.25, 0.3) is 0 Å². The number of nitrogens with zero attached hydrogens (tertiary/aromatic N) is 2. The van der Waals surface area contributed by atoms with Gasteiger partial charge in [0.25, 0.3) is 0 Å². The van der Waals surface area contributed by atoms with Gasteiger partial charge in [0, 0.05) is 50.6 Å². The van der Waals surface area contributed by atoms with Crippen LogP contribution in [0.1, 0.15) is 65.7 Å². The lowest BCUT2D eigenvalue weighted by atomic mass is 9.73. The van der Waals surface area contributed by atoms with E-state index < -0.39 is 0 Å². The van der Waals surface area contributed by atoms with Gasteiger partial charge in [-0.15, -0.1) is 0 Å². The lowest BCUT2D eigenvalue weighted by Crippen LogP contribution is -2.56. The molecule has 3 rings (SSSR count). The first-order valence-corrected chi connectivity index (χ1v) is 10.1. The molecular weight excluding hydrogens is 284 g/mol. The van der Waals surface area contributed by atoms with Crippen LogP contribution in [0.5, 0.6) is 0 Å². The normalized spacial score (nSPS) is 36.9. The molecular formula is C20H36N2O. The fraction of sp³-hybridized carbons (Fsp3) is 0.950. The second-order valence-corrected chi connectivity index (χ2v) is 8.53. The van der Waals surface area contributed by atoms with E-state index in [-0.39, 0.29) is 0 Å². The van der Waals surface area contributed by atoms with Crippen molar-refractivity contribution in [2.75, 3.05) is 26.2 Å². The Kier molecular flexibility index (Phi) is 5.79. The Balaban J connectivity index is 1.38. The fourth-order valence-corrected chi connectivity index (χ4v) is 4.99. The average molecular weight is 321 g/mol. The summed E-state index contributed by atoms with van der Waals surface area (Å²) >= 11 is 0. The molecule has 0 bridgehead atoms. The second-order valence-electron chi connectivity index (χ2n) is 8.53. The summed E-state index contributed by atoms with van der Waals surface area (Å²) in [4.78, 5) is 17.3. The van der Waals surface area contributed by atoms with Crippen molar-refractivity contribution in [3.05, 3.63) is 0 Å². The zero-order chi connectivity index (χ0) is 16.4. The summed E-state index contributed by atoms with van der Waals surface area (Å²) in [6.07, 6.45) is 8.35. The maximum absolute atomic E-state index is 11.9. The molecule has 0 aromatic rings. The molecule has 0 amide bonds. The number of carbonyl (C=O) groups excluding carboxylic acids is 1. The summed E-state index contributed by atoms with van der Waals surface area (Å²) in [5, 5.41) is 0. The Labute approximate surface area is 142 Å². The van der Waals surface area contributed by atoms with E-state index in [1.807, 2.05) is 6.92 Å². The molecule has 3 fully saturated rings. The van der Waals surface area contributed by atoms with E-state index in [1.165, 1.54) is 51.9 Å². The van der Waals surface area contributed by atoms with Crippen LogP contribution in [-0.4, -0.2) is 53.8 Å². The van der Waals surface area contributed by atoms with Crippen LogP contribution in [0, 0.1) is 17.8 Å². The molecule has 0 N–H and O–H groups in total. The second kappa shape index (κ2) is 7.65. The third-order valence-corrected chi connectivity index (χ3v) is 6.97. The third-order valence-electron chi connectivity index (χ3n) is 6.97. The lowest BCUT2D eigenvalue weighted by Gasteiger charge is -2.49. The van der Waals surface area contributed by atoms with Crippen molar-refractivity contribution in [3.8, 4) is 0 Å². The molecule has 0 aromatic heterocycles. The summed E-state index contributed by atoms with van der Waals surface area (Å²) < 4.78 is 0. The molecule has 3 nitrogen and oxygen atoms in total. The van der Waals surface area contributed by atoms with Gasteiger partial charge in [0.15, 0.2) is 0 Å². The maximum atomic E-state index is 11.9. The number of rotatable bonds is 5. The van der Waals surface area contributed by atoms with Crippen LogP contribution < -0.4 is 0 Å². The number of carbonyl (C=O) groups is 1. The molecule has 0 radical (unpaired) electrons. The SMILES string of the molecule is CCC(=O)C1CCC(N2CCN(C3CC(C(C)C)C3)CC2)CC1. The van der Waals surface area contributed by atoms with Crippen molar-refractivity contribution < 1.29 is 4.79 Å². The minimum atomic E-state index is 0.375. The molecule has 132 valence electrons. The zero-order valence-corrected chi connectivity index (χ0v) is 15.5. The standard InChI is InChI=1S/C20H36N2O/c1-4-20(23)16-5-7-18(8-6-16)21-9-11-22(12-10-21)19-13-17(14-19)15(2)3/h15-19H,4-14H2,1-3H3. The first-order chi connectivity index (χ1) is 11.1. The smallest absolute Gasteiger partial charge is 0.135 e.